The lowest BCUT2D eigenvalue weighted by Crippen LogP contribution is -2.14. The van der Waals surface area contributed by atoms with Gasteiger partial charge in [0.1, 0.15) is 0 Å². The molecule has 2 unspecified atom stereocenters. The third kappa shape index (κ3) is 4.08. The van der Waals surface area contributed by atoms with Gasteiger partial charge in [-0.25, -0.2) is 0 Å². The molecule has 0 bridgehead atoms. The van der Waals surface area contributed by atoms with Crippen molar-refractivity contribution in [3.63, 3.8) is 0 Å². The predicted octanol–water partition coefficient (Wildman–Crippen LogP) is 4.20. The second-order valence-corrected chi connectivity index (χ2v) is 4.86. The zero-order chi connectivity index (χ0) is 13.5. The van der Waals surface area contributed by atoms with Crippen LogP contribution in [0.5, 0.6) is 0 Å². The molecular weight excluding hydrogens is 230 g/mol. The maximum Gasteiger partial charge on any atom is 0.0256 e. The van der Waals surface area contributed by atoms with E-state index in [0.29, 0.717) is 5.92 Å². The lowest BCUT2D eigenvalue weighted by atomic mass is 9.92. The SMILES string of the molecule is C=CC(N)C/C=C/c1ccc(C2C=CC=CC2)cc1. The van der Waals surface area contributed by atoms with Crippen LogP contribution in [-0.2, 0) is 0 Å². The molecule has 2 rings (SSSR count). The quantitative estimate of drug-likeness (QED) is 0.780. The molecule has 1 nitrogen and oxygen atoms in total. The van der Waals surface area contributed by atoms with Gasteiger partial charge in [0, 0.05) is 12.0 Å². The lowest BCUT2D eigenvalue weighted by Gasteiger charge is -2.13. The summed E-state index contributed by atoms with van der Waals surface area (Å²) >= 11 is 0. The van der Waals surface area contributed by atoms with Crippen LogP contribution in [0.3, 0.4) is 0 Å². The molecule has 2 N–H and O–H groups in total. The van der Waals surface area contributed by atoms with Gasteiger partial charge in [0.25, 0.3) is 0 Å². The smallest absolute Gasteiger partial charge is 0.0256 e. The van der Waals surface area contributed by atoms with Crippen molar-refractivity contribution in [3.8, 4) is 0 Å². The average Bonchev–Trinajstić information content (AvgIpc) is 2.48. The number of hydrogen-bond donors (Lipinski definition) is 1. The molecule has 98 valence electrons. The van der Waals surface area contributed by atoms with Gasteiger partial charge in [0.15, 0.2) is 0 Å². The van der Waals surface area contributed by atoms with Gasteiger partial charge in [-0.15, -0.1) is 6.58 Å². The number of nitrogens with two attached hydrogens (primary N) is 1. The van der Waals surface area contributed by atoms with E-state index in [9.17, 15) is 0 Å². The molecule has 2 atom stereocenters. The Kier molecular flexibility index (Phi) is 4.93. The van der Waals surface area contributed by atoms with Crippen LogP contribution in [0.25, 0.3) is 6.08 Å². The van der Waals surface area contributed by atoms with Crippen LogP contribution in [-0.4, -0.2) is 6.04 Å². The summed E-state index contributed by atoms with van der Waals surface area (Å²) in [7, 11) is 0. The van der Waals surface area contributed by atoms with Crippen LogP contribution >= 0.6 is 0 Å². The van der Waals surface area contributed by atoms with E-state index in [1.54, 1.807) is 6.08 Å². The van der Waals surface area contributed by atoms with Gasteiger partial charge >= 0.3 is 0 Å². The maximum atomic E-state index is 5.78. The van der Waals surface area contributed by atoms with Gasteiger partial charge in [0.05, 0.1) is 0 Å². The minimum absolute atomic E-state index is 0.0506. The first-order valence-electron chi connectivity index (χ1n) is 6.77. The molecule has 0 amide bonds. The van der Waals surface area contributed by atoms with E-state index < -0.39 is 0 Å². The van der Waals surface area contributed by atoms with Crippen LogP contribution < -0.4 is 5.73 Å². The maximum absolute atomic E-state index is 5.78. The molecule has 1 aromatic carbocycles. The Morgan fingerprint density at radius 2 is 2.05 bits per heavy atom. The Bertz CT molecular complexity index is 491. The average molecular weight is 251 g/mol. The van der Waals surface area contributed by atoms with E-state index in [4.69, 9.17) is 5.73 Å². The van der Waals surface area contributed by atoms with E-state index in [0.717, 1.165) is 12.8 Å². The van der Waals surface area contributed by atoms with E-state index in [-0.39, 0.29) is 6.04 Å². The van der Waals surface area contributed by atoms with Crippen LogP contribution in [0.1, 0.15) is 29.9 Å². The van der Waals surface area contributed by atoms with Crippen LogP contribution in [0.4, 0.5) is 0 Å². The summed E-state index contributed by atoms with van der Waals surface area (Å²) in [4.78, 5) is 0. The summed E-state index contributed by atoms with van der Waals surface area (Å²) in [6.07, 6.45) is 16.6. The van der Waals surface area contributed by atoms with Crippen LogP contribution in [0.15, 0.2) is 67.3 Å². The first-order chi connectivity index (χ1) is 9.29. The van der Waals surface area contributed by atoms with Crippen molar-refractivity contribution in [1.29, 1.82) is 0 Å². The molecule has 1 aliphatic carbocycles. The molecule has 0 spiro atoms. The third-order valence-corrected chi connectivity index (χ3v) is 3.37. The third-order valence-electron chi connectivity index (χ3n) is 3.37. The van der Waals surface area contributed by atoms with E-state index in [1.165, 1.54) is 11.1 Å². The molecule has 0 heterocycles. The van der Waals surface area contributed by atoms with Gasteiger partial charge in [0.2, 0.25) is 0 Å². The number of benzene rings is 1. The second-order valence-electron chi connectivity index (χ2n) is 4.86. The number of rotatable bonds is 5. The largest absolute Gasteiger partial charge is 0.324 e. The summed E-state index contributed by atoms with van der Waals surface area (Å²) < 4.78 is 0. The van der Waals surface area contributed by atoms with Crippen molar-refractivity contribution in [2.45, 2.75) is 24.8 Å². The van der Waals surface area contributed by atoms with E-state index in [1.807, 2.05) is 0 Å². The Balaban J connectivity index is 1.96. The minimum Gasteiger partial charge on any atom is -0.324 e. The standard InChI is InChI=1S/C18H21N/c1-2-18(19)10-6-7-15-11-13-17(14-12-15)16-8-4-3-5-9-16/h2-8,11-14,16,18H,1,9-10,19H2/b7-6+. The highest BCUT2D eigenvalue weighted by atomic mass is 14.6. The highest BCUT2D eigenvalue weighted by Crippen LogP contribution is 2.24. The minimum atomic E-state index is 0.0506. The van der Waals surface area contributed by atoms with Crippen molar-refractivity contribution in [2.24, 2.45) is 5.73 Å². The van der Waals surface area contributed by atoms with E-state index >= 15 is 0 Å². The number of hydrogen-bond acceptors (Lipinski definition) is 1. The molecular formula is C18H21N. The molecule has 1 heteroatoms. The molecule has 1 aromatic rings. The predicted molar refractivity (Wildman–Crippen MR) is 83.9 cm³/mol. The molecule has 0 saturated heterocycles. The fourth-order valence-corrected chi connectivity index (χ4v) is 2.14. The Morgan fingerprint density at radius 1 is 1.26 bits per heavy atom. The monoisotopic (exact) mass is 251 g/mol. The fourth-order valence-electron chi connectivity index (χ4n) is 2.14. The van der Waals surface area contributed by atoms with Gasteiger partial charge in [-0.3, -0.25) is 0 Å². The Hall–Kier alpha value is -1.86. The Morgan fingerprint density at radius 3 is 2.68 bits per heavy atom. The zero-order valence-electron chi connectivity index (χ0n) is 11.2. The highest BCUT2D eigenvalue weighted by molar-refractivity contribution is 5.50. The first kappa shape index (κ1) is 13.6. The van der Waals surface area contributed by atoms with Gasteiger partial charge < -0.3 is 5.73 Å². The summed E-state index contributed by atoms with van der Waals surface area (Å²) in [5, 5.41) is 0. The normalized spacial score (nSPS) is 19.7. The molecule has 19 heavy (non-hydrogen) atoms. The molecule has 1 aliphatic rings. The Labute approximate surface area is 115 Å². The van der Waals surface area contributed by atoms with Crippen LogP contribution in [0, 0.1) is 0 Å². The number of allylic oxidation sites excluding steroid dienone is 4. The van der Waals surface area contributed by atoms with Gasteiger partial charge in [-0.2, -0.15) is 0 Å². The van der Waals surface area contributed by atoms with Crippen molar-refractivity contribution in [2.75, 3.05) is 0 Å². The molecule has 0 radical (unpaired) electrons. The molecule has 0 aromatic heterocycles. The van der Waals surface area contributed by atoms with Gasteiger partial charge in [-0.1, -0.05) is 66.8 Å². The highest BCUT2D eigenvalue weighted by Gasteiger charge is 2.07. The first-order valence-corrected chi connectivity index (χ1v) is 6.77. The zero-order valence-corrected chi connectivity index (χ0v) is 11.2. The van der Waals surface area contributed by atoms with Crippen molar-refractivity contribution in [3.05, 3.63) is 78.4 Å². The molecule has 0 fully saturated rings. The fraction of sp³-hybridized carbons (Fsp3) is 0.222. The summed E-state index contributed by atoms with van der Waals surface area (Å²) in [5.74, 6) is 0.525. The van der Waals surface area contributed by atoms with Crippen molar-refractivity contribution in [1.82, 2.24) is 0 Å². The summed E-state index contributed by atoms with van der Waals surface area (Å²) in [6.45, 7) is 3.68. The summed E-state index contributed by atoms with van der Waals surface area (Å²) in [5.41, 5.74) is 8.37. The lowest BCUT2D eigenvalue weighted by molar-refractivity contribution is 0.838. The van der Waals surface area contributed by atoms with E-state index in [2.05, 4.69) is 67.3 Å². The summed E-state index contributed by atoms with van der Waals surface area (Å²) in [6, 6.07) is 8.80. The molecule has 0 aliphatic heterocycles. The topological polar surface area (TPSA) is 26.0 Å². The van der Waals surface area contributed by atoms with Crippen molar-refractivity contribution >= 4 is 6.08 Å². The van der Waals surface area contributed by atoms with Crippen LogP contribution in [0.2, 0.25) is 0 Å². The molecule has 0 saturated carbocycles. The second kappa shape index (κ2) is 6.91. The van der Waals surface area contributed by atoms with Crippen molar-refractivity contribution < 1.29 is 0 Å². The van der Waals surface area contributed by atoms with Gasteiger partial charge in [-0.05, 0) is 24.0 Å².